The van der Waals surface area contributed by atoms with Crippen LogP contribution in [0.3, 0.4) is 0 Å². The van der Waals surface area contributed by atoms with Gasteiger partial charge in [-0.3, -0.25) is 0 Å². The molecule has 21 heavy (non-hydrogen) atoms. The summed E-state index contributed by atoms with van der Waals surface area (Å²) in [7, 11) is 0. The third-order valence-corrected chi connectivity index (χ3v) is 4.11. The van der Waals surface area contributed by atoms with Crippen LogP contribution in [0.5, 0.6) is 5.88 Å². The van der Waals surface area contributed by atoms with E-state index in [1.807, 2.05) is 24.3 Å². The minimum absolute atomic E-state index is 0.0265. The van der Waals surface area contributed by atoms with Crippen molar-refractivity contribution in [3.05, 3.63) is 24.3 Å². The van der Waals surface area contributed by atoms with E-state index in [0.717, 1.165) is 36.8 Å². The highest BCUT2D eigenvalue weighted by atomic mass is 32.1. The smallest absolute Gasteiger partial charge is 0.218 e. The Morgan fingerprint density at radius 2 is 1.86 bits per heavy atom. The molecule has 0 unspecified atom stereocenters. The highest BCUT2D eigenvalue weighted by molar-refractivity contribution is 7.80. The summed E-state index contributed by atoms with van der Waals surface area (Å²) in [5, 5.41) is 19.6. The summed E-state index contributed by atoms with van der Waals surface area (Å²) in [6.45, 7) is 1.88. The molecular formula is C15H18N4OS. The highest BCUT2D eigenvalue weighted by Gasteiger charge is 2.13. The first kappa shape index (κ1) is 14.0. The van der Waals surface area contributed by atoms with Crippen molar-refractivity contribution in [3.63, 3.8) is 0 Å². The molecule has 1 fully saturated rings. The number of aromatic nitrogens is 1. The molecular weight excluding hydrogens is 284 g/mol. The average molecular weight is 302 g/mol. The topological polar surface area (TPSA) is 64.0 Å². The number of azo groups is 1. The predicted molar refractivity (Wildman–Crippen MR) is 87.1 cm³/mol. The van der Waals surface area contributed by atoms with Crippen molar-refractivity contribution in [1.29, 1.82) is 0 Å². The number of aromatic hydroxyl groups is 1. The second kappa shape index (κ2) is 6.22. The highest BCUT2D eigenvalue weighted by Crippen LogP contribution is 2.35. The standard InChI is InChI=1S/C15H18N4OS/c20-14-13(11-7-3-4-8-12(11)16-14)17-18-15(21)19-9-5-1-2-6-10-19/h3-4,7-8,16,20H,1-2,5-6,9-10H2. The van der Waals surface area contributed by atoms with Crippen molar-refractivity contribution in [3.8, 4) is 5.88 Å². The quantitative estimate of drug-likeness (QED) is 0.615. The predicted octanol–water partition coefficient (Wildman–Crippen LogP) is 4.12. The lowest BCUT2D eigenvalue weighted by Crippen LogP contribution is -2.28. The third-order valence-electron chi connectivity index (χ3n) is 3.77. The molecule has 0 amide bonds. The number of nitrogens with one attached hydrogen (secondary N) is 1. The monoisotopic (exact) mass is 302 g/mol. The lowest BCUT2D eigenvalue weighted by Gasteiger charge is -2.18. The molecule has 1 saturated heterocycles. The Kier molecular flexibility index (Phi) is 4.15. The van der Waals surface area contributed by atoms with Crippen molar-refractivity contribution in [2.75, 3.05) is 13.1 Å². The Balaban J connectivity index is 1.80. The van der Waals surface area contributed by atoms with Crippen LogP contribution in [0.15, 0.2) is 34.5 Å². The first-order chi connectivity index (χ1) is 10.3. The van der Waals surface area contributed by atoms with Crippen molar-refractivity contribution in [1.82, 2.24) is 9.88 Å². The number of thiocarbonyl (C=S) groups is 1. The molecule has 6 heteroatoms. The molecule has 0 atom stereocenters. The van der Waals surface area contributed by atoms with Crippen molar-refractivity contribution >= 4 is 33.9 Å². The lowest BCUT2D eigenvalue weighted by molar-refractivity contribution is 0.436. The van der Waals surface area contributed by atoms with Crippen LogP contribution < -0.4 is 0 Å². The van der Waals surface area contributed by atoms with Gasteiger partial charge in [-0.05, 0) is 31.1 Å². The van der Waals surface area contributed by atoms with Crippen molar-refractivity contribution in [2.45, 2.75) is 25.7 Å². The van der Waals surface area contributed by atoms with Crippen molar-refractivity contribution < 1.29 is 5.11 Å². The number of H-pyrrole nitrogens is 1. The molecule has 2 aromatic rings. The van der Waals surface area contributed by atoms with Gasteiger partial charge in [-0.1, -0.05) is 31.0 Å². The zero-order valence-corrected chi connectivity index (χ0v) is 12.6. The van der Waals surface area contributed by atoms with Crippen LogP contribution in [0.2, 0.25) is 0 Å². The number of para-hydroxylation sites is 1. The summed E-state index contributed by atoms with van der Waals surface area (Å²) in [5.41, 5.74) is 1.28. The molecule has 3 rings (SSSR count). The fourth-order valence-electron chi connectivity index (χ4n) is 2.63. The molecule has 1 aliphatic rings. The molecule has 5 nitrogen and oxygen atoms in total. The Morgan fingerprint density at radius 3 is 2.62 bits per heavy atom. The third kappa shape index (κ3) is 3.05. The number of benzene rings is 1. The van der Waals surface area contributed by atoms with Crippen LogP contribution in [-0.4, -0.2) is 33.2 Å². The summed E-state index contributed by atoms with van der Waals surface area (Å²) >= 11 is 5.35. The summed E-state index contributed by atoms with van der Waals surface area (Å²) in [4.78, 5) is 4.98. The van der Waals surface area contributed by atoms with Gasteiger partial charge in [0, 0.05) is 18.5 Å². The van der Waals surface area contributed by atoms with E-state index in [4.69, 9.17) is 12.2 Å². The van der Waals surface area contributed by atoms with E-state index >= 15 is 0 Å². The molecule has 1 aliphatic heterocycles. The molecule has 2 N–H and O–H groups in total. The maximum absolute atomic E-state index is 9.94. The number of aromatic amines is 1. The van der Waals surface area contributed by atoms with E-state index in [-0.39, 0.29) is 5.88 Å². The second-order valence-corrected chi connectivity index (χ2v) is 5.62. The summed E-state index contributed by atoms with van der Waals surface area (Å²) in [6.07, 6.45) is 4.79. The minimum atomic E-state index is 0.0265. The summed E-state index contributed by atoms with van der Waals surface area (Å²) in [6, 6.07) is 7.60. The number of nitrogens with zero attached hydrogens (tertiary/aromatic N) is 3. The fourth-order valence-corrected chi connectivity index (χ4v) is 2.86. The van der Waals surface area contributed by atoms with Gasteiger partial charge in [0.15, 0.2) is 5.69 Å². The molecule has 110 valence electrons. The normalized spacial score (nSPS) is 16.5. The maximum Gasteiger partial charge on any atom is 0.218 e. The first-order valence-electron chi connectivity index (χ1n) is 7.26. The van der Waals surface area contributed by atoms with Crippen LogP contribution >= 0.6 is 12.2 Å². The zero-order chi connectivity index (χ0) is 14.7. The van der Waals surface area contributed by atoms with Gasteiger partial charge in [-0.15, -0.1) is 10.2 Å². The molecule has 0 saturated carbocycles. The van der Waals surface area contributed by atoms with Gasteiger partial charge in [0.1, 0.15) is 0 Å². The minimum Gasteiger partial charge on any atom is -0.493 e. The second-order valence-electron chi connectivity index (χ2n) is 5.25. The van der Waals surface area contributed by atoms with Gasteiger partial charge >= 0.3 is 0 Å². The van der Waals surface area contributed by atoms with Gasteiger partial charge in [0.05, 0.1) is 5.52 Å². The van der Waals surface area contributed by atoms with Gasteiger partial charge < -0.3 is 15.0 Å². The van der Waals surface area contributed by atoms with E-state index in [1.54, 1.807) is 0 Å². The Labute approximate surface area is 128 Å². The van der Waals surface area contributed by atoms with Gasteiger partial charge in [-0.2, -0.15) is 0 Å². The molecule has 0 radical (unpaired) electrons. The van der Waals surface area contributed by atoms with Crippen LogP contribution in [0, 0.1) is 0 Å². The summed E-state index contributed by atoms with van der Waals surface area (Å²) in [5.74, 6) is 0.0265. The van der Waals surface area contributed by atoms with Crippen LogP contribution in [0.1, 0.15) is 25.7 Å². The van der Waals surface area contributed by atoms with E-state index in [2.05, 4.69) is 20.1 Å². The van der Waals surface area contributed by atoms with E-state index < -0.39 is 0 Å². The number of hydrogen-bond acceptors (Lipinski definition) is 3. The van der Waals surface area contributed by atoms with Gasteiger partial charge in [0.25, 0.3) is 0 Å². The Bertz CT molecular complexity index is 671. The Morgan fingerprint density at radius 1 is 1.14 bits per heavy atom. The van der Waals surface area contributed by atoms with E-state index in [1.165, 1.54) is 12.8 Å². The molecule has 0 spiro atoms. The van der Waals surface area contributed by atoms with E-state index in [0.29, 0.717) is 10.8 Å². The molecule has 1 aromatic carbocycles. The lowest BCUT2D eigenvalue weighted by atomic mass is 10.2. The van der Waals surface area contributed by atoms with E-state index in [9.17, 15) is 5.11 Å². The maximum atomic E-state index is 9.94. The largest absolute Gasteiger partial charge is 0.493 e. The number of hydrogen-bond donors (Lipinski definition) is 2. The molecule has 2 heterocycles. The van der Waals surface area contributed by atoms with Gasteiger partial charge in [0.2, 0.25) is 11.0 Å². The van der Waals surface area contributed by atoms with Gasteiger partial charge in [-0.25, -0.2) is 0 Å². The number of rotatable bonds is 1. The molecule has 0 aliphatic carbocycles. The first-order valence-corrected chi connectivity index (χ1v) is 7.67. The van der Waals surface area contributed by atoms with Crippen molar-refractivity contribution in [2.24, 2.45) is 10.2 Å². The van der Waals surface area contributed by atoms with Crippen LogP contribution in [0.4, 0.5) is 5.69 Å². The summed E-state index contributed by atoms with van der Waals surface area (Å²) < 4.78 is 0. The Hall–Kier alpha value is -1.95. The van der Waals surface area contributed by atoms with Crippen LogP contribution in [-0.2, 0) is 0 Å². The average Bonchev–Trinajstić information content (AvgIpc) is 2.68. The zero-order valence-electron chi connectivity index (χ0n) is 11.7. The number of fused-ring (bicyclic) bond motifs is 1. The SMILES string of the molecule is Oc1[nH]c2ccccc2c1N=NC(=S)N1CCCCCC1. The number of likely N-dealkylation sites (tertiary alicyclic amines) is 1. The van der Waals surface area contributed by atoms with Crippen LogP contribution in [0.25, 0.3) is 10.9 Å². The molecule has 1 aromatic heterocycles. The fraction of sp³-hybridized carbons (Fsp3) is 0.400. The molecule has 0 bridgehead atoms.